The van der Waals surface area contributed by atoms with E-state index in [0.29, 0.717) is 0 Å². The fourth-order valence-electron chi connectivity index (χ4n) is 1.29. The second-order valence-corrected chi connectivity index (χ2v) is 4.35. The number of carbonyl (C=O) groups excluding carboxylic acids is 2. The Labute approximate surface area is 120 Å². The molecule has 0 saturated heterocycles. The van der Waals surface area contributed by atoms with Crippen molar-refractivity contribution >= 4 is 23.8 Å². The van der Waals surface area contributed by atoms with Crippen LogP contribution in [0.4, 0.5) is 0 Å². The minimum absolute atomic E-state index is 0.284. The van der Waals surface area contributed by atoms with Crippen molar-refractivity contribution in [2.45, 2.75) is 37.9 Å². The highest BCUT2D eigenvalue weighted by Gasteiger charge is 2.25. The number of aliphatic carboxylic acids is 2. The first kappa shape index (κ1) is 18.8. The Morgan fingerprint density at radius 3 is 2.10 bits per heavy atom. The number of nitrogens with one attached hydrogen (secondary N) is 2. The van der Waals surface area contributed by atoms with Crippen LogP contribution < -0.4 is 16.4 Å². The van der Waals surface area contributed by atoms with Gasteiger partial charge in [-0.25, -0.2) is 4.79 Å². The zero-order valence-corrected chi connectivity index (χ0v) is 11.4. The summed E-state index contributed by atoms with van der Waals surface area (Å²) in [5.74, 6) is -4.13. The molecule has 3 unspecified atom stereocenters. The molecular formula is C11H19N3O7. The van der Waals surface area contributed by atoms with E-state index in [0.717, 1.165) is 0 Å². The molecule has 0 aromatic heterocycles. The Morgan fingerprint density at radius 2 is 1.67 bits per heavy atom. The molecule has 0 aliphatic carbocycles. The summed E-state index contributed by atoms with van der Waals surface area (Å²) in [7, 11) is 0. The minimum atomic E-state index is -1.38. The SMILES string of the molecule is CC(NC(=O)C(N)CO)C(=O)NC(CCC(=O)O)C(=O)O. The van der Waals surface area contributed by atoms with E-state index < -0.39 is 54.9 Å². The maximum Gasteiger partial charge on any atom is 0.326 e. The summed E-state index contributed by atoms with van der Waals surface area (Å²) in [6.07, 6.45) is -0.708. The third kappa shape index (κ3) is 7.22. The molecule has 0 aromatic carbocycles. The monoisotopic (exact) mass is 305 g/mol. The molecule has 3 atom stereocenters. The molecule has 120 valence electrons. The number of amides is 2. The lowest BCUT2D eigenvalue weighted by Gasteiger charge is -2.19. The summed E-state index contributed by atoms with van der Waals surface area (Å²) in [4.78, 5) is 44.4. The van der Waals surface area contributed by atoms with Gasteiger partial charge in [0.2, 0.25) is 11.8 Å². The van der Waals surface area contributed by atoms with Crippen LogP contribution in [0.25, 0.3) is 0 Å². The Kier molecular flexibility index (Phi) is 7.94. The molecule has 0 heterocycles. The molecule has 2 amide bonds. The maximum atomic E-state index is 11.7. The second kappa shape index (κ2) is 8.87. The van der Waals surface area contributed by atoms with Gasteiger partial charge >= 0.3 is 11.9 Å². The van der Waals surface area contributed by atoms with Gasteiger partial charge in [0, 0.05) is 6.42 Å². The molecule has 0 saturated carbocycles. The van der Waals surface area contributed by atoms with Gasteiger partial charge < -0.3 is 31.7 Å². The van der Waals surface area contributed by atoms with Crippen LogP contribution in [0.2, 0.25) is 0 Å². The van der Waals surface area contributed by atoms with Crippen molar-refractivity contribution in [1.82, 2.24) is 10.6 Å². The predicted octanol–water partition coefficient (Wildman–Crippen LogP) is -2.76. The van der Waals surface area contributed by atoms with E-state index >= 15 is 0 Å². The van der Waals surface area contributed by atoms with E-state index in [1.54, 1.807) is 0 Å². The number of carboxylic acid groups (broad SMARTS) is 2. The maximum absolute atomic E-state index is 11.7. The molecule has 10 heteroatoms. The molecule has 7 N–H and O–H groups in total. The molecule has 0 aliphatic rings. The summed E-state index contributed by atoms with van der Waals surface area (Å²) < 4.78 is 0. The number of carboxylic acids is 2. The molecule has 0 fully saturated rings. The van der Waals surface area contributed by atoms with E-state index in [1.807, 2.05) is 0 Å². The highest BCUT2D eigenvalue weighted by Crippen LogP contribution is 1.99. The normalized spacial score (nSPS) is 14.6. The number of aliphatic hydroxyl groups excluding tert-OH is 1. The Hall–Kier alpha value is -2.20. The van der Waals surface area contributed by atoms with Crippen LogP contribution in [0, 0.1) is 0 Å². The molecule has 0 bridgehead atoms. The van der Waals surface area contributed by atoms with E-state index in [4.69, 9.17) is 21.1 Å². The van der Waals surface area contributed by atoms with Gasteiger partial charge in [0.25, 0.3) is 0 Å². The quantitative estimate of drug-likeness (QED) is 0.265. The fourth-order valence-corrected chi connectivity index (χ4v) is 1.29. The zero-order valence-electron chi connectivity index (χ0n) is 11.4. The summed E-state index contributed by atoms with van der Waals surface area (Å²) in [6, 6.07) is -3.65. The van der Waals surface area contributed by atoms with Crippen LogP contribution >= 0.6 is 0 Å². The molecule has 10 nitrogen and oxygen atoms in total. The van der Waals surface area contributed by atoms with Crippen LogP contribution in [0.3, 0.4) is 0 Å². The molecule has 0 rings (SSSR count). The van der Waals surface area contributed by atoms with Crippen LogP contribution in [-0.4, -0.2) is 63.8 Å². The van der Waals surface area contributed by atoms with E-state index in [1.165, 1.54) is 6.92 Å². The number of nitrogens with two attached hydrogens (primary N) is 1. The van der Waals surface area contributed by atoms with Gasteiger partial charge in [0.15, 0.2) is 0 Å². The van der Waals surface area contributed by atoms with Crippen molar-refractivity contribution in [2.75, 3.05) is 6.61 Å². The Morgan fingerprint density at radius 1 is 1.10 bits per heavy atom. The number of hydrogen-bond donors (Lipinski definition) is 6. The second-order valence-electron chi connectivity index (χ2n) is 4.35. The van der Waals surface area contributed by atoms with Crippen LogP contribution in [0.15, 0.2) is 0 Å². The minimum Gasteiger partial charge on any atom is -0.481 e. The first-order chi connectivity index (χ1) is 9.68. The zero-order chi connectivity index (χ0) is 16.6. The first-order valence-corrected chi connectivity index (χ1v) is 6.10. The highest BCUT2D eigenvalue weighted by atomic mass is 16.4. The average Bonchev–Trinajstić information content (AvgIpc) is 2.41. The van der Waals surface area contributed by atoms with Crippen molar-refractivity contribution in [3.8, 4) is 0 Å². The average molecular weight is 305 g/mol. The summed E-state index contributed by atoms with van der Waals surface area (Å²) in [5, 5.41) is 30.4. The van der Waals surface area contributed by atoms with E-state index in [9.17, 15) is 19.2 Å². The summed E-state index contributed by atoms with van der Waals surface area (Å²) in [6.45, 7) is 0.698. The van der Waals surface area contributed by atoms with Gasteiger partial charge in [-0.15, -0.1) is 0 Å². The third-order valence-electron chi connectivity index (χ3n) is 2.55. The first-order valence-electron chi connectivity index (χ1n) is 6.10. The van der Waals surface area contributed by atoms with Crippen molar-refractivity contribution in [3.05, 3.63) is 0 Å². The molecular weight excluding hydrogens is 286 g/mol. The third-order valence-corrected chi connectivity index (χ3v) is 2.55. The molecule has 0 spiro atoms. The van der Waals surface area contributed by atoms with Crippen LogP contribution in [-0.2, 0) is 19.2 Å². The largest absolute Gasteiger partial charge is 0.481 e. The van der Waals surface area contributed by atoms with Gasteiger partial charge in [-0.1, -0.05) is 0 Å². The molecule has 0 aromatic rings. The van der Waals surface area contributed by atoms with Crippen molar-refractivity contribution in [3.63, 3.8) is 0 Å². The topological polar surface area (TPSA) is 179 Å². The van der Waals surface area contributed by atoms with Crippen molar-refractivity contribution < 1.29 is 34.5 Å². The Balaban J connectivity index is 4.50. The van der Waals surface area contributed by atoms with Gasteiger partial charge in [0.05, 0.1) is 6.61 Å². The lowest BCUT2D eigenvalue weighted by molar-refractivity contribution is -0.143. The van der Waals surface area contributed by atoms with Crippen LogP contribution in [0.5, 0.6) is 0 Å². The smallest absolute Gasteiger partial charge is 0.326 e. The van der Waals surface area contributed by atoms with Gasteiger partial charge in [-0.05, 0) is 13.3 Å². The Bertz CT molecular complexity index is 413. The lowest BCUT2D eigenvalue weighted by atomic mass is 10.1. The lowest BCUT2D eigenvalue weighted by Crippen LogP contribution is -2.53. The molecule has 0 aliphatic heterocycles. The molecule has 21 heavy (non-hydrogen) atoms. The van der Waals surface area contributed by atoms with E-state index in [2.05, 4.69) is 10.6 Å². The standard InChI is InChI=1S/C11H19N3O7/c1-5(13-10(19)6(12)4-15)9(18)14-7(11(20)21)2-3-8(16)17/h5-7,15H,2-4,12H2,1H3,(H,13,19)(H,14,18)(H,16,17)(H,20,21). The number of rotatable bonds is 9. The summed E-state index contributed by atoms with van der Waals surface area (Å²) >= 11 is 0. The fraction of sp³-hybridized carbons (Fsp3) is 0.636. The number of aliphatic hydroxyl groups is 1. The van der Waals surface area contributed by atoms with Crippen molar-refractivity contribution in [2.24, 2.45) is 5.73 Å². The van der Waals surface area contributed by atoms with Crippen LogP contribution in [0.1, 0.15) is 19.8 Å². The van der Waals surface area contributed by atoms with E-state index in [-0.39, 0.29) is 6.42 Å². The number of hydrogen-bond acceptors (Lipinski definition) is 6. The van der Waals surface area contributed by atoms with Gasteiger partial charge in [-0.2, -0.15) is 0 Å². The van der Waals surface area contributed by atoms with Gasteiger partial charge in [0.1, 0.15) is 18.1 Å². The highest BCUT2D eigenvalue weighted by molar-refractivity contribution is 5.91. The number of carbonyl (C=O) groups is 4. The molecule has 0 radical (unpaired) electrons. The predicted molar refractivity (Wildman–Crippen MR) is 69.1 cm³/mol. The summed E-state index contributed by atoms with van der Waals surface area (Å²) in [5.41, 5.74) is 5.24. The van der Waals surface area contributed by atoms with Crippen molar-refractivity contribution in [1.29, 1.82) is 0 Å². The van der Waals surface area contributed by atoms with Gasteiger partial charge in [-0.3, -0.25) is 14.4 Å².